The first-order chi connectivity index (χ1) is 10.0. The maximum Gasteiger partial charge on any atom is 0.142 e. The molecule has 0 aliphatic heterocycles. The lowest BCUT2D eigenvalue weighted by Gasteiger charge is -2.21. The summed E-state index contributed by atoms with van der Waals surface area (Å²) in [6.07, 6.45) is 0. The molecule has 1 N–H and O–H groups in total. The highest BCUT2D eigenvalue weighted by molar-refractivity contribution is 9.10. The molecule has 2 aromatic rings. The third-order valence-electron chi connectivity index (χ3n) is 3.44. The highest BCUT2D eigenvalue weighted by Crippen LogP contribution is 2.29. The number of nitrogens with zero attached hydrogens (tertiary/aromatic N) is 1. The van der Waals surface area contributed by atoms with Crippen LogP contribution in [-0.2, 0) is 0 Å². The second kappa shape index (κ2) is 7.05. The fraction of sp³-hybridized carbons (Fsp3) is 0.294. The van der Waals surface area contributed by atoms with E-state index in [-0.39, 0.29) is 11.9 Å². The molecule has 1 unspecified atom stereocenters. The van der Waals surface area contributed by atoms with Gasteiger partial charge in [-0.1, -0.05) is 31.2 Å². The lowest BCUT2D eigenvalue weighted by molar-refractivity contribution is 0.555. The minimum absolute atomic E-state index is 0.149. The first kappa shape index (κ1) is 16.0. The van der Waals surface area contributed by atoms with Crippen LogP contribution in [0.3, 0.4) is 0 Å². The van der Waals surface area contributed by atoms with Crippen LogP contribution in [0.25, 0.3) is 0 Å². The predicted molar refractivity (Wildman–Crippen MR) is 90.4 cm³/mol. The van der Waals surface area contributed by atoms with E-state index in [1.165, 1.54) is 0 Å². The van der Waals surface area contributed by atoms with Crippen LogP contribution in [0.4, 0.5) is 10.1 Å². The predicted octanol–water partition coefficient (Wildman–Crippen LogP) is 4.35. The summed E-state index contributed by atoms with van der Waals surface area (Å²) in [5.74, 6) is -0.208. The van der Waals surface area contributed by atoms with Gasteiger partial charge in [-0.05, 0) is 46.2 Å². The van der Waals surface area contributed by atoms with Crippen molar-refractivity contribution in [1.29, 1.82) is 0 Å². The molecule has 2 rings (SSSR count). The zero-order valence-electron chi connectivity index (χ0n) is 12.5. The summed E-state index contributed by atoms with van der Waals surface area (Å²) in [4.78, 5) is 2.05. The van der Waals surface area contributed by atoms with Gasteiger partial charge in [-0.25, -0.2) is 4.39 Å². The minimum atomic E-state index is -0.208. The van der Waals surface area contributed by atoms with Crippen LogP contribution in [0.5, 0.6) is 0 Å². The van der Waals surface area contributed by atoms with Gasteiger partial charge in [-0.2, -0.15) is 0 Å². The number of benzene rings is 2. The number of nitrogens with one attached hydrogen (secondary N) is 1. The van der Waals surface area contributed by atoms with E-state index in [0.717, 1.165) is 17.8 Å². The summed E-state index contributed by atoms with van der Waals surface area (Å²) in [6, 6.07) is 13.5. The van der Waals surface area contributed by atoms with Crippen LogP contribution in [-0.4, -0.2) is 20.6 Å². The van der Waals surface area contributed by atoms with Crippen LogP contribution < -0.4 is 10.2 Å². The monoisotopic (exact) mass is 350 g/mol. The molecule has 0 radical (unpaired) electrons. The number of anilines is 1. The topological polar surface area (TPSA) is 15.3 Å². The Kier molecular flexibility index (Phi) is 5.37. The van der Waals surface area contributed by atoms with Gasteiger partial charge in [-0.3, -0.25) is 0 Å². The minimum Gasteiger partial charge on any atom is -0.378 e. The quantitative estimate of drug-likeness (QED) is 0.861. The van der Waals surface area contributed by atoms with E-state index in [1.807, 2.05) is 50.2 Å². The third kappa shape index (κ3) is 3.63. The van der Waals surface area contributed by atoms with Gasteiger partial charge in [0, 0.05) is 25.3 Å². The Hall–Kier alpha value is -1.39. The van der Waals surface area contributed by atoms with E-state index in [0.29, 0.717) is 10.0 Å². The summed E-state index contributed by atoms with van der Waals surface area (Å²) in [6.45, 7) is 2.79. The van der Waals surface area contributed by atoms with E-state index in [4.69, 9.17) is 0 Å². The first-order valence-corrected chi connectivity index (χ1v) is 7.78. The molecular formula is C17H20BrFN2. The van der Waals surface area contributed by atoms with Gasteiger partial charge in [0.25, 0.3) is 0 Å². The summed E-state index contributed by atoms with van der Waals surface area (Å²) >= 11 is 3.26. The molecule has 112 valence electrons. The zero-order valence-corrected chi connectivity index (χ0v) is 14.1. The molecule has 21 heavy (non-hydrogen) atoms. The van der Waals surface area contributed by atoms with Crippen molar-refractivity contribution in [3.63, 3.8) is 0 Å². The fourth-order valence-corrected chi connectivity index (χ4v) is 2.70. The average Bonchev–Trinajstić information content (AvgIpc) is 2.48. The number of halogens is 2. The third-order valence-corrected chi connectivity index (χ3v) is 4.06. The molecule has 0 bridgehead atoms. The summed E-state index contributed by atoms with van der Waals surface area (Å²) in [5.41, 5.74) is 2.84. The number of hydrogen-bond donors (Lipinski definition) is 1. The normalized spacial score (nSPS) is 12.2. The largest absolute Gasteiger partial charge is 0.378 e. The van der Waals surface area contributed by atoms with Crippen molar-refractivity contribution in [3.05, 3.63) is 63.9 Å². The van der Waals surface area contributed by atoms with Gasteiger partial charge in [0.1, 0.15) is 5.82 Å². The molecule has 0 heterocycles. The number of hydrogen-bond acceptors (Lipinski definition) is 2. The molecule has 0 aliphatic rings. The van der Waals surface area contributed by atoms with Gasteiger partial charge in [-0.15, -0.1) is 0 Å². The SMILES string of the molecule is CCNC(c1ccc(N(C)C)cc1)c1cccc(Br)c1F. The molecule has 4 heteroatoms. The Morgan fingerprint density at radius 3 is 2.38 bits per heavy atom. The van der Waals surface area contributed by atoms with Crippen LogP contribution in [0, 0.1) is 5.82 Å². The molecule has 0 amide bonds. The van der Waals surface area contributed by atoms with Crippen LogP contribution in [0.2, 0.25) is 0 Å². The second-order valence-electron chi connectivity index (χ2n) is 5.12. The van der Waals surface area contributed by atoms with E-state index in [1.54, 1.807) is 6.07 Å². The van der Waals surface area contributed by atoms with Crippen molar-refractivity contribution in [2.24, 2.45) is 0 Å². The highest BCUT2D eigenvalue weighted by Gasteiger charge is 2.18. The molecule has 0 fully saturated rings. The van der Waals surface area contributed by atoms with Gasteiger partial charge in [0.05, 0.1) is 10.5 Å². The Bertz CT molecular complexity index is 596. The van der Waals surface area contributed by atoms with Crippen molar-refractivity contribution in [2.45, 2.75) is 13.0 Å². The highest BCUT2D eigenvalue weighted by atomic mass is 79.9. The Morgan fingerprint density at radius 2 is 1.81 bits per heavy atom. The Balaban J connectivity index is 2.41. The zero-order chi connectivity index (χ0) is 15.4. The molecule has 2 aromatic carbocycles. The summed E-state index contributed by atoms with van der Waals surface area (Å²) in [5, 5.41) is 3.36. The van der Waals surface area contributed by atoms with E-state index in [2.05, 4.69) is 33.4 Å². The maximum atomic E-state index is 14.4. The van der Waals surface area contributed by atoms with Crippen molar-refractivity contribution in [1.82, 2.24) is 5.32 Å². The van der Waals surface area contributed by atoms with Crippen LogP contribution >= 0.6 is 15.9 Å². The fourth-order valence-electron chi connectivity index (χ4n) is 2.32. The molecule has 0 aromatic heterocycles. The van der Waals surface area contributed by atoms with Gasteiger partial charge < -0.3 is 10.2 Å². The van der Waals surface area contributed by atoms with Crippen molar-refractivity contribution in [3.8, 4) is 0 Å². The van der Waals surface area contributed by atoms with Crippen molar-refractivity contribution >= 4 is 21.6 Å². The summed E-state index contributed by atoms with van der Waals surface area (Å²) in [7, 11) is 4.01. The van der Waals surface area contributed by atoms with Gasteiger partial charge in [0.15, 0.2) is 0 Å². The smallest absolute Gasteiger partial charge is 0.142 e. The molecule has 0 aliphatic carbocycles. The van der Waals surface area contributed by atoms with Gasteiger partial charge >= 0.3 is 0 Å². The van der Waals surface area contributed by atoms with E-state index >= 15 is 0 Å². The van der Waals surface area contributed by atoms with Gasteiger partial charge in [0.2, 0.25) is 0 Å². The standard InChI is InChI=1S/C17H20BrFN2/c1-4-20-17(14-6-5-7-15(18)16(14)19)12-8-10-13(11-9-12)21(2)3/h5-11,17,20H,4H2,1-3H3. The lowest BCUT2D eigenvalue weighted by atomic mass is 9.98. The Morgan fingerprint density at radius 1 is 1.14 bits per heavy atom. The second-order valence-corrected chi connectivity index (χ2v) is 5.97. The van der Waals surface area contributed by atoms with E-state index in [9.17, 15) is 4.39 Å². The molecule has 1 atom stereocenters. The van der Waals surface area contributed by atoms with E-state index < -0.39 is 0 Å². The number of rotatable bonds is 5. The van der Waals surface area contributed by atoms with Crippen molar-refractivity contribution in [2.75, 3.05) is 25.5 Å². The molecule has 0 saturated heterocycles. The van der Waals surface area contributed by atoms with Crippen LogP contribution in [0.1, 0.15) is 24.1 Å². The molecule has 0 saturated carbocycles. The molecule has 2 nitrogen and oxygen atoms in total. The van der Waals surface area contributed by atoms with Crippen molar-refractivity contribution < 1.29 is 4.39 Å². The first-order valence-electron chi connectivity index (χ1n) is 6.99. The molecular weight excluding hydrogens is 331 g/mol. The molecule has 0 spiro atoms. The Labute approximate surface area is 134 Å². The lowest BCUT2D eigenvalue weighted by Crippen LogP contribution is -2.23. The summed E-state index contributed by atoms with van der Waals surface area (Å²) < 4.78 is 14.9. The maximum absolute atomic E-state index is 14.4. The van der Waals surface area contributed by atoms with Crippen LogP contribution in [0.15, 0.2) is 46.9 Å². The average molecular weight is 351 g/mol.